The van der Waals surface area contributed by atoms with Crippen molar-refractivity contribution >= 4 is 27.6 Å². The second kappa shape index (κ2) is 8.07. The Balaban J connectivity index is 1.58. The first-order chi connectivity index (χ1) is 13.6. The molecule has 0 radical (unpaired) electrons. The quantitative estimate of drug-likeness (QED) is 0.603. The number of rotatable bonds is 5. The molecule has 1 aliphatic heterocycles. The van der Waals surface area contributed by atoms with E-state index in [0.717, 1.165) is 28.2 Å². The number of methoxy groups -OCH3 is 1. The lowest BCUT2D eigenvalue weighted by Crippen LogP contribution is -2.41. The molecular formula is C18H15BrF4N2O4. The fourth-order valence-electron chi connectivity index (χ4n) is 2.64. The van der Waals surface area contributed by atoms with Gasteiger partial charge >= 0.3 is 18.4 Å². The van der Waals surface area contributed by atoms with Crippen molar-refractivity contribution < 1.29 is 36.6 Å². The summed E-state index contributed by atoms with van der Waals surface area (Å²) in [6.45, 7) is 0.268. The van der Waals surface area contributed by atoms with Crippen LogP contribution >= 0.6 is 15.9 Å². The third-order valence-corrected chi connectivity index (χ3v) is 4.56. The number of ether oxygens (including phenoxy) is 3. The van der Waals surface area contributed by atoms with Gasteiger partial charge < -0.3 is 20.1 Å². The predicted octanol–water partition coefficient (Wildman–Crippen LogP) is 4.83. The molecule has 29 heavy (non-hydrogen) atoms. The number of amides is 2. The number of alkyl halides is 4. The van der Waals surface area contributed by atoms with Gasteiger partial charge in [-0.2, -0.15) is 8.78 Å². The topological polar surface area (TPSA) is 68.8 Å². The standard InChI is InChI=1S/C18H15BrF4N2O4/c1-27-15-4-2-10(8-13(15)19)6-7-24-16(26)25-11-3-5-14-12(9-11)17(20,21)29-18(22,23)28-14/h2-5,8-9H,6-7H2,1H3,(H2,24,25,26). The number of nitrogens with one attached hydrogen (secondary N) is 2. The lowest BCUT2D eigenvalue weighted by Gasteiger charge is -2.30. The van der Waals surface area contributed by atoms with E-state index in [0.29, 0.717) is 12.2 Å². The van der Waals surface area contributed by atoms with Gasteiger partial charge in [0, 0.05) is 12.2 Å². The summed E-state index contributed by atoms with van der Waals surface area (Å²) < 4.78 is 66.9. The summed E-state index contributed by atoms with van der Waals surface area (Å²) in [6, 6.07) is 7.69. The zero-order valence-corrected chi connectivity index (χ0v) is 16.5. The molecule has 3 rings (SSSR count). The van der Waals surface area contributed by atoms with E-state index in [1.807, 2.05) is 12.1 Å². The predicted molar refractivity (Wildman–Crippen MR) is 98.4 cm³/mol. The Morgan fingerprint density at radius 3 is 2.62 bits per heavy atom. The van der Waals surface area contributed by atoms with Gasteiger partial charge in [0.15, 0.2) is 0 Å². The Labute approximate surface area is 171 Å². The van der Waals surface area contributed by atoms with Gasteiger partial charge in [-0.25, -0.2) is 9.53 Å². The molecule has 0 atom stereocenters. The Kier molecular flexibility index (Phi) is 5.90. The highest BCUT2D eigenvalue weighted by Gasteiger charge is 2.54. The van der Waals surface area contributed by atoms with Crippen molar-refractivity contribution in [2.24, 2.45) is 0 Å². The summed E-state index contributed by atoms with van der Waals surface area (Å²) in [6.07, 6.45) is -8.21. The molecule has 6 nitrogen and oxygen atoms in total. The molecule has 1 aliphatic rings. The number of fused-ring (bicyclic) bond motifs is 1. The Bertz CT molecular complexity index is 927. The lowest BCUT2D eigenvalue weighted by molar-refractivity contribution is -0.461. The van der Waals surface area contributed by atoms with Gasteiger partial charge in [0.2, 0.25) is 0 Å². The van der Waals surface area contributed by atoms with E-state index in [2.05, 4.69) is 36.0 Å². The summed E-state index contributed by atoms with van der Waals surface area (Å²) in [4.78, 5) is 12.0. The highest BCUT2D eigenvalue weighted by atomic mass is 79.9. The minimum Gasteiger partial charge on any atom is -0.496 e. The van der Waals surface area contributed by atoms with Crippen molar-refractivity contribution in [3.8, 4) is 11.5 Å². The number of anilines is 1. The van der Waals surface area contributed by atoms with Crippen LogP contribution in [0.1, 0.15) is 11.1 Å². The fourth-order valence-corrected chi connectivity index (χ4v) is 3.23. The maximum atomic E-state index is 13.8. The van der Waals surface area contributed by atoms with Crippen molar-refractivity contribution in [2.45, 2.75) is 18.8 Å². The molecule has 156 valence electrons. The second-order valence-electron chi connectivity index (χ2n) is 6.00. The van der Waals surface area contributed by atoms with Crippen LogP contribution in [0.4, 0.5) is 28.0 Å². The maximum Gasteiger partial charge on any atom is 0.540 e. The maximum absolute atomic E-state index is 13.8. The average molecular weight is 479 g/mol. The summed E-state index contributed by atoms with van der Waals surface area (Å²) in [7, 11) is 1.55. The van der Waals surface area contributed by atoms with Crippen LogP contribution in [0, 0.1) is 0 Å². The summed E-state index contributed by atoms with van der Waals surface area (Å²) in [5, 5.41) is 4.93. The van der Waals surface area contributed by atoms with Crippen LogP contribution < -0.4 is 20.1 Å². The molecule has 2 amide bonds. The summed E-state index contributed by atoms with van der Waals surface area (Å²) in [5.41, 5.74) is -0.0172. The number of hydrogen-bond donors (Lipinski definition) is 2. The molecule has 0 spiro atoms. The summed E-state index contributed by atoms with van der Waals surface area (Å²) in [5.74, 6) is -0.0586. The molecule has 2 aromatic carbocycles. The van der Waals surface area contributed by atoms with E-state index >= 15 is 0 Å². The minimum absolute atomic E-state index is 0.0365. The first kappa shape index (κ1) is 21.2. The van der Waals surface area contributed by atoms with Gasteiger partial charge in [0.1, 0.15) is 11.5 Å². The van der Waals surface area contributed by atoms with Gasteiger partial charge in [-0.1, -0.05) is 6.07 Å². The Hall–Kier alpha value is -2.53. The molecule has 0 fully saturated rings. The highest BCUT2D eigenvalue weighted by Crippen LogP contribution is 2.46. The van der Waals surface area contributed by atoms with E-state index in [4.69, 9.17) is 4.74 Å². The van der Waals surface area contributed by atoms with Crippen molar-refractivity contribution in [1.82, 2.24) is 5.32 Å². The average Bonchev–Trinajstić information content (AvgIpc) is 2.61. The SMILES string of the molecule is COc1ccc(CCNC(=O)Nc2ccc3c(c2)C(F)(F)OC(F)(F)O3)cc1Br. The number of hydrogen-bond acceptors (Lipinski definition) is 4. The van der Waals surface area contributed by atoms with E-state index < -0.39 is 29.7 Å². The van der Waals surface area contributed by atoms with E-state index in [1.54, 1.807) is 13.2 Å². The van der Waals surface area contributed by atoms with Crippen molar-refractivity contribution in [2.75, 3.05) is 19.0 Å². The van der Waals surface area contributed by atoms with Gasteiger partial charge in [-0.05, 0) is 58.2 Å². The molecule has 0 aromatic heterocycles. The fraction of sp³-hybridized carbons (Fsp3) is 0.278. The van der Waals surface area contributed by atoms with Crippen LogP contribution in [-0.2, 0) is 17.3 Å². The monoisotopic (exact) mass is 478 g/mol. The zero-order valence-electron chi connectivity index (χ0n) is 14.9. The van der Waals surface area contributed by atoms with Crippen LogP contribution in [0.3, 0.4) is 0 Å². The minimum atomic E-state index is -4.45. The number of urea groups is 1. The summed E-state index contributed by atoms with van der Waals surface area (Å²) >= 11 is 3.37. The van der Waals surface area contributed by atoms with Gasteiger partial charge in [0.05, 0.1) is 17.1 Å². The number of carbonyl (C=O) groups excluding carboxylic acids is 1. The molecular weight excluding hydrogens is 464 g/mol. The first-order valence-corrected chi connectivity index (χ1v) is 9.05. The number of benzene rings is 2. The van der Waals surface area contributed by atoms with Crippen LogP contribution in [-0.4, -0.2) is 26.0 Å². The van der Waals surface area contributed by atoms with E-state index in [9.17, 15) is 22.4 Å². The lowest BCUT2D eigenvalue weighted by atomic mass is 10.1. The van der Waals surface area contributed by atoms with Crippen molar-refractivity contribution in [1.29, 1.82) is 0 Å². The van der Waals surface area contributed by atoms with Crippen LogP contribution in [0.15, 0.2) is 40.9 Å². The highest BCUT2D eigenvalue weighted by molar-refractivity contribution is 9.10. The smallest absolute Gasteiger partial charge is 0.496 e. The van der Waals surface area contributed by atoms with E-state index in [1.165, 1.54) is 0 Å². The van der Waals surface area contributed by atoms with Crippen LogP contribution in [0.5, 0.6) is 11.5 Å². The number of carbonyl (C=O) groups is 1. The van der Waals surface area contributed by atoms with Gasteiger partial charge in [-0.3, -0.25) is 0 Å². The molecule has 0 aliphatic carbocycles. The molecule has 2 aromatic rings. The van der Waals surface area contributed by atoms with Crippen molar-refractivity contribution in [3.63, 3.8) is 0 Å². The molecule has 0 saturated heterocycles. The van der Waals surface area contributed by atoms with Crippen LogP contribution in [0.2, 0.25) is 0 Å². The normalized spacial score (nSPS) is 16.3. The molecule has 0 bridgehead atoms. The van der Waals surface area contributed by atoms with Crippen LogP contribution in [0.25, 0.3) is 0 Å². The zero-order chi connectivity index (χ0) is 21.2. The molecule has 2 N–H and O–H groups in total. The van der Waals surface area contributed by atoms with E-state index in [-0.39, 0.29) is 12.2 Å². The van der Waals surface area contributed by atoms with Gasteiger partial charge in [-0.15, -0.1) is 8.78 Å². The number of halogens is 5. The Morgan fingerprint density at radius 2 is 1.93 bits per heavy atom. The van der Waals surface area contributed by atoms with Gasteiger partial charge in [0.25, 0.3) is 0 Å². The third kappa shape index (κ3) is 5.10. The molecule has 11 heteroatoms. The molecule has 0 saturated carbocycles. The molecule has 1 heterocycles. The van der Waals surface area contributed by atoms with Crippen molar-refractivity contribution in [3.05, 3.63) is 52.0 Å². The third-order valence-electron chi connectivity index (χ3n) is 3.94. The largest absolute Gasteiger partial charge is 0.540 e. The second-order valence-corrected chi connectivity index (χ2v) is 6.85. The first-order valence-electron chi connectivity index (χ1n) is 8.26. The Morgan fingerprint density at radius 1 is 1.17 bits per heavy atom. The molecule has 0 unspecified atom stereocenters.